The van der Waals surface area contributed by atoms with Crippen LogP contribution in [0.4, 0.5) is 13.2 Å². The van der Waals surface area contributed by atoms with Crippen molar-refractivity contribution in [1.29, 1.82) is 0 Å². The molecule has 3 aromatic carbocycles. The molecule has 0 amide bonds. The molecule has 0 heterocycles. The largest absolute Gasteiger partial charge is 0.206 e. The predicted molar refractivity (Wildman–Crippen MR) is 103 cm³/mol. The maximum atomic E-state index is 14.1. The molecule has 0 saturated heterocycles. The van der Waals surface area contributed by atoms with Gasteiger partial charge in [-0.1, -0.05) is 55.0 Å². The third-order valence-electron chi connectivity index (χ3n) is 4.11. The average Bonchev–Trinajstić information content (AvgIpc) is 2.64. The van der Waals surface area contributed by atoms with Gasteiger partial charge in [0.25, 0.3) is 0 Å². The topological polar surface area (TPSA) is 0 Å². The Morgan fingerprint density at radius 2 is 1.41 bits per heavy atom. The summed E-state index contributed by atoms with van der Waals surface area (Å²) >= 11 is 5.69. The quantitative estimate of drug-likeness (QED) is 0.437. The van der Waals surface area contributed by atoms with Crippen LogP contribution in [0.15, 0.2) is 54.6 Å². The Balaban J connectivity index is 1.85. The minimum atomic E-state index is -0.654. The first-order valence-corrected chi connectivity index (χ1v) is 8.91. The molecule has 0 N–H and O–H groups in total. The highest BCUT2D eigenvalue weighted by Gasteiger charge is 2.09. The van der Waals surface area contributed by atoms with Gasteiger partial charge >= 0.3 is 0 Å². The lowest BCUT2D eigenvalue weighted by Crippen LogP contribution is -1.94. The second-order valence-electron chi connectivity index (χ2n) is 6.14. The summed E-state index contributed by atoms with van der Waals surface area (Å²) in [6, 6.07) is 14.2. The van der Waals surface area contributed by atoms with Gasteiger partial charge in [-0.15, -0.1) is 0 Å². The van der Waals surface area contributed by atoms with E-state index in [9.17, 15) is 13.2 Å². The van der Waals surface area contributed by atoms with Crippen LogP contribution in [0, 0.1) is 29.3 Å². The Bertz CT molecular complexity index is 1000. The third-order valence-corrected chi connectivity index (χ3v) is 4.42. The van der Waals surface area contributed by atoms with Crippen LogP contribution in [0.2, 0.25) is 5.02 Å². The Morgan fingerprint density at radius 3 is 2.00 bits per heavy atom. The maximum Gasteiger partial charge on any atom is 0.142 e. The molecule has 0 aliphatic carbocycles. The van der Waals surface area contributed by atoms with Crippen molar-refractivity contribution in [1.82, 2.24) is 0 Å². The molecule has 0 spiro atoms. The first-order valence-electron chi connectivity index (χ1n) is 8.53. The normalized spacial score (nSPS) is 10.4. The molecular formula is C23H16ClF3. The zero-order valence-electron chi connectivity index (χ0n) is 14.6. The van der Waals surface area contributed by atoms with E-state index < -0.39 is 17.5 Å². The van der Waals surface area contributed by atoms with Gasteiger partial charge in [-0.25, -0.2) is 13.2 Å². The molecule has 4 heteroatoms. The smallest absolute Gasteiger partial charge is 0.142 e. The summed E-state index contributed by atoms with van der Waals surface area (Å²) in [4.78, 5) is 0. The molecule has 0 aromatic heterocycles. The van der Waals surface area contributed by atoms with Crippen LogP contribution in [0.1, 0.15) is 30.0 Å². The molecule has 3 aromatic rings. The van der Waals surface area contributed by atoms with E-state index in [0.29, 0.717) is 23.1 Å². The molecule has 3 rings (SSSR count). The van der Waals surface area contributed by atoms with Gasteiger partial charge in [0.2, 0.25) is 0 Å². The fourth-order valence-electron chi connectivity index (χ4n) is 2.73. The Kier molecular flexibility index (Phi) is 5.88. The lowest BCUT2D eigenvalue weighted by Gasteiger charge is -2.04. The van der Waals surface area contributed by atoms with Crippen molar-refractivity contribution in [3.05, 3.63) is 93.8 Å². The van der Waals surface area contributed by atoms with E-state index in [2.05, 4.69) is 11.8 Å². The highest BCUT2D eigenvalue weighted by Crippen LogP contribution is 2.24. The van der Waals surface area contributed by atoms with Crippen LogP contribution in [0.3, 0.4) is 0 Å². The van der Waals surface area contributed by atoms with Gasteiger partial charge in [0.1, 0.15) is 17.5 Å². The van der Waals surface area contributed by atoms with E-state index in [4.69, 9.17) is 11.6 Å². The first kappa shape index (κ1) is 19.1. The number of aryl methyl sites for hydroxylation is 1. The van der Waals surface area contributed by atoms with Crippen LogP contribution in [0.25, 0.3) is 11.1 Å². The van der Waals surface area contributed by atoms with E-state index in [1.165, 1.54) is 24.3 Å². The van der Waals surface area contributed by atoms with Gasteiger partial charge in [-0.2, -0.15) is 0 Å². The van der Waals surface area contributed by atoms with E-state index in [-0.39, 0.29) is 10.6 Å². The molecule has 0 bridgehead atoms. The minimum Gasteiger partial charge on any atom is -0.206 e. The molecular weight excluding hydrogens is 369 g/mol. The maximum absolute atomic E-state index is 14.1. The molecule has 0 aliphatic rings. The number of benzene rings is 3. The van der Waals surface area contributed by atoms with E-state index >= 15 is 0 Å². The third kappa shape index (κ3) is 4.53. The summed E-state index contributed by atoms with van der Waals surface area (Å²) in [5.41, 5.74) is 2.46. The fraction of sp³-hybridized carbons (Fsp3) is 0.130. The standard InChI is InChI=1S/C23H16ClF3/c1-2-3-16-12-21(25)19(22(26)13-16)10-6-15-4-7-17(8-5-15)18-9-11-20(24)23(27)14-18/h4-5,7-9,11-14H,2-3H2,1H3. The van der Waals surface area contributed by atoms with Crippen LogP contribution in [-0.4, -0.2) is 0 Å². The molecule has 27 heavy (non-hydrogen) atoms. The van der Waals surface area contributed by atoms with Crippen molar-refractivity contribution in [2.45, 2.75) is 19.8 Å². The lowest BCUT2D eigenvalue weighted by molar-refractivity contribution is 0.573. The van der Waals surface area contributed by atoms with E-state index in [1.807, 2.05) is 6.92 Å². The van der Waals surface area contributed by atoms with Crippen LogP contribution >= 0.6 is 11.6 Å². The van der Waals surface area contributed by atoms with Gasteiger partial charge in [-0.3, -0.25) is 0 Å². The molecule has 0 nitrogen and oxygen atoms in total. The number of hydrogen-bond donors (Lipinski definition) is 0. The van der Waals surface area contributed by atoms with E-state index in [1.54, 1.807) is 30.3 Å². The fourth-order valence-corrected chi connectivity index (χ4v) is 2.85. The van der Waals surface area contributed by atoms with Gasteiger partial charge in [0.15, 0.2) is 0 Å². The summed E-state index contributed by atoms with van der Waals surface area (Å²) in [7, 11) is 0. The van der Waals surface area contributed by atoms with Crippen molar-refractivity contribution in [3.8, 4) is 23.0 Å². The number of rotatable bonds is 3. The lowest BCUT2D eigenvalue weighted by atomic mass is 10.0. The number of hydrogen-bond acceptors (Lipinski definition) is 0. The Labute approximate surface area is 161 Å². The van der Waals surface area contributed by atoms with Crippen molar-refractivity contribution in [3.63, 3.8) is 0 Å². The van der Waals surface area contributed by atoms with Crippen LogP contribution < -0.4 is 0 Å². The molecule has 0 fully saturated rings. The monoisotopic (exact) mass is 384 g/mol. The van der Waals surface area contributed by atoms with Gasteiger partial charge in [0, 0.05) is 5.56 Å². The second kappa shape index (κ2) is 8.33. The zero-order valence-corrected chi connectivity index (χ0v) is 15.4. The molecule has 0 aliphatic heterocycles. The van der Waals surface area contributed by atoms with Crippen molar-refractivity contribution in [2.75, 3.05) is 0 Å². The summed E-state index contributed by atoms with van der Waals surface area (Å²) in [5, 5.41) is 0.0650. The first-order chi connectivity index (χ1) is 13.0. The van der Waals surface area contributed by atoms with Gasteiger partial charge < -0.3 is 0 Å². The average molecular weight is 385 g/mol. The molecule has 0 atom stereocenters. The van der Waals surface area contributed by atoms with Crippen LogP contribution in [0.5, 0.6) is 0 Å². The molecule has 0 radical (unpaired) electrons. The predicted octanol–water partition coefficient (Wildman–Crippen LogP) is 6.78. The van der Waals surface area contributed by atoms with Gasteiger partial charge in [-0.05, 0) is 59.5 Å². The van der Waals surface area contributed by atoms with Crippen LogP contribution in [-0.2, 0) is 6.42 Å². The highest BCUT2D eigenvalue weighted by atomic mass is 35.5. The second-order valence-corrected chi connectivity index (χ2v) is 6.55. The number of halogens is 4. The Morgan fingerprint density at radius 1 is 0.778 bits per heavy atom. The van der Waals surface area contributed by atoms with Gasteiger partial charge in [0.05, 0.1) is 10.6 Å². The van der Waals surface area contributed by atoms with Crippen molar-refractivity contribution < 1.29 is 13.2 Å². The zero-order chi connectivity index (χ0) is 19.4. The summed E-state index contributed by atoms with van der Waals surface area (Å²) in [6.45, 7) is 1.95. The highest BCUT2D eigenvalue weighted by molar-refractivity contribution is 6.30. The summed E-state index contributed by atoms with van der Waals surface area (Å²) in [6.07, 6.45) is 1.43. The van der Waals surface area contributed by atoms with E-state index in [0.717, 1.165) is 12.0 Å². The van der Waals surface area contributed by atoms with Crippen molar-refractivity contribution >= 4 is 11.6 Å². The Hall–Kier alpha value is -2.70. The molecule has 136 valence electrons. The minimum absolute atomic E-state index is 0.0650. The SMILES string of the molecule is CCCc1cc(F)c(C#Cc2ccc(-c3ccc(Cl)c(F)c3)cc2)c(F)c1. The molecule has 0 saturated carbocycles. The van der Waals surface area contributed by atoms with Crippen molar-refractivity contribution in [2.24, 2.45) is 0 Å². The summed E-state index contributed by atoms with van der Waals surface area (Å²) in [5.74, 6) is 3.54. The summed E-state index contributed by atoms with van der Waals surface area (Å²) < 4.78 is 41.8. The molecule has 0 unspecified atom stereocenters.